The molecule has 2 aromatic carbocycles. The maximum Gasteiger partial charge on any atom is 0.338 e. The van der Waals surface area contributed by atoms with E-state index in [0.717, 1.165) is 0 Å². The van der Waals surface area contributed by atoms with Crippen LogP contribution in [0.1, 0.15) is 51.8 Å². The number of rotatable bonds is 8. The number of ether oxygens (including phenoxy) is 3. The van der Waals surface area contributed by atoms with E-state index in [9.17, 15) is 14.7 Å². The monoisotopic (exact) mass is 556 g/mol. The molecule has 0 amide bonds. The van der Waals surface area contributed by atoms with Gasteiger partial charge in [0.05, 0.1) is 40.1 Å². The molecule has 200 valence electrons. The van der Waals surface area contributed by atoms with Crippen molar-refractivity contribution in [2.45, 2.75) is 46.8 Å². The van der Waals surface area contributed by atoms with Crippen molar-refractivity contribution in [3.05, 3.63) is 83.5 Å². The normalized spacial score (nSPS) is 15.3. The maximum absolute atomic E-state index is 13.9. The molecule has 0 spiro atoms. The van der Waals surface area contributed by atoms with Crippen LogP contribution in [0.3, 0.4) is 0 Å². The van der Waals surface area contributed by atoms with Crippen LogP contribution in [0.4, 0.5) is 0 Å². The highest BCUT2D eigenvalue weighted by Gasteiger charge is 2.35. The first-order valence-corrected chi connectivity index (χ1v) is 13.5. The Balaban J connectivity index is 1.97. The summed E-state index contributed by atoms with van der Waals surface area (Å²) in [5.41, 5.74) is 1.62. The minimum Gasteiger partial charge on any atom is -0.503 e. The van der Waals surface area contributed by atoms with Gasteiger partial charge in [-0.2, -0.15) is 0 Å². The lowest BCUT2D eigenvalue weighted by atomic mass is 9.95. The number of hydrogen-bond donors (Lipinski definition) is 1. The molecule has 0 aliphatic carbocycles. The molecule has 1 N–H and O–H groups in total. The van der Waals surface area contributed by atoms with Gasteiger partial charge in [0, 0.05) is 5.56 Å². The zero-order valence-corrected chi connectivity index (χ0v) is 23.4. The van der Waals surface area contributed by atoms with Crippen molar-refractivity contribution in [1.29, 1.82) is 0 Å². The Morgan fingerprint density at radius 2 is 1.95 bits per heavy atom. The lowest BCUT2D eigenvalue weighted by molar-refractivity contribution is -0.139. The molecule has 1 atom stereocenters. The average molecular weight is 557 g/mol. The van der Waals surface area contributed by atoms with Gasteiger partial charge < -0.3 is 19.3 Å². The molecule has 0 saturated heterocycles. The van der Waals surface area contributed by atoms with Gasteiger partial charge in [0.15, 0.2) is 16.3 Å². The molecule has 4 rings (SSSR count). The van der Waals surface area contributed by atoms with Crippen molar-refractivity contribution < 1.29 is 24.1 Å². The van der Waals surface area contributed by atoms with E-state index >= 15 is 0 Å². The number of halogens is 1. The number of phenols is 1. The van der Waals surface area contributed by atoms with Crippen molar-refractivity contribution in [2.24, 2.45) is 4.99 Å². The molecule has 2 heterocycles. The topological polar surface area (TPSA) is 99.4 Å². The summed E-state index contributed by atoms with van der Waals surface area (Å²) in [7, 11) is 0. The zero-order chi connectivity index (χ0) is 27.6. The van der Waals surface area contributed by atoms with Crippen LogP contribution < -0.4 is 24.4 Å². The Kier molecular flexibility index (Phi) is 8.28. The molecule has 1 aliphatic rings. The van der Waals surface area contributed by atoms with Crippen molar-refractivity contribution in [1.82, 2.24) is 4.57 Å². The number of allylic oxidation sites excluding steroid dienone is 1. The molecule has 0 fully saturated rings. The largest absolute Gasteiger partial charge is 0.503 e. The van der Waals surface area contributed by atoms with Crippen LogP contribution in [0.5, 0.6) is 17.2 Å². The predicted molar refractivity (Wildman–Crippen MR) is 147 cm³/mol. The van der Waals surface area contributed by atoms with E-state index in [1.54, 1.807) is 39.0 Å². The van der Waals surface area contributed by atoms with Gasteiger partial charge in [-0.05, 0) is 64.5 Å². The summed E-state index contributed by atoms with van der Waals surface area (Å²) in [6.45, 7) is 9.60. The molecule has 1 aliphatic heterocycles. The van der Waals surface area contributed by atoms with Crippen LogP contribution in [-0.4, -0.2) is 35.0 Å². The van der Waals surface area contributed by atoms with Gasteiger partial charge >= 0.3 is 5.97 Å². The molecule has 0 saturated carbocycles. The highest BCUT2D eigenvalue weighted by Crippen LogP contribution is 2.37. The molecule has 0 radical (unpaired) electrons. The first-order chi connectivity index (χ1) is 18.2. The molecular weight excluding hydrogens is 528 g/mol. The smallest absolute Gasteiger partial charge is 0.338 e. The van der Waals surface area contributed by atoms with Crippen LogP contribution in [0.25, 0.3) is 6.08 Å². The number of esters is 1. The second-order valence-electron chi connectivity index (χ2n) is 8.79. The van der Waals surface area contributed by atoms with Crippen LogP contribution in [-0.2, 0) is 9.53 Å². The van der Waals surface area contributed by atoms with Crippen LogP contribution in [0.2, 0.25) is 5.02 Å². The Bertz CT molecular complexity index is 1590. The summed E-state index contributed by atoms with van der Waals surface area (Å²) < 4.78 is 18.8. The van der Waals surface area contributed by atoms with Crippen molar-refractivity contribution in [3.63, 3.8) is 0 Å². The Labute approximate surface area is 229 Å². The fourth-order valence-corrected chi connectivity index (χ4v) is 5.51. The van der Waals surface area contributed by atoms with Crippen LogP contribution in [0, 0.1) is 0 Å². The van der Waals surface area contributed by atoms with E-state index in [1.807, 2.05) is 38.1 Å². The molecular formula is C28H29ClN2O6S. The van der Waals surface area contributed by atoms with Crippen LogP contribution in [0.15, 0.2) is 57.5 Å². The first kappa shape index (κ1) is 27.5. The van der Waals surface area contributed by atoms with Gasteiger partial charge in [-0.3, -0.25) is 9.36 Å². The molecule has 8 nitrogen and oxygen atoms in total. The summed E-state index contributed by atoms with van der Waals surface area (Å²) in [6.07, 6.45) is 1.54. The average Bonchev–Trinajstić information content (AvgIpc) is 3.16. The molecule has 3 aromatic rings. The fraction of sp³-hybridized carbons (Fsp3) is 0.321. The van der Waals surface area contributed by atoms with Crippen molar-refractivity contribution in [2.75, 3.05) is 13.2 Å². The number of carbonyl (C=O) groups excluding carboxylic acids is 1. The standard InChI is InChI=1S/C28H29ClN2O6S/c1-6-35-21-13-17(12-19(29)25(21)32)14-22-26(33)31-24(18-10-8-9-11-20(18)37-15(3)4)23(27(34)36-7-2)16(5)30-28(31)38-22/h8-15,24,32H,6-7H2,1-5H3/b22-14+/t24-/m0/s1. The van der Waals surface area contributed by atoms with E-state index in [4.69, 9.17) is 25.8 Å². The lowest BCUT2D eigenvalue weighted by Gasteiger charge is -2.26. The summed E-state index contributed by atoms with van der Waals surface area (Å²) in [4.78, 5) is 32.1. The Morgan fingerprint density at radius 1 is 1.21 bits per heavy atom. The minimum absolute atomic E-state index is 0.105. The fourth-order valence-electron chi connectivity index (χ4n) is 4.25. The second kappa shape index (κ2) is 11.4. The Hall–Kier alpha value is -3.56. The van der Waals surface area contributed by atoms with E-state index in [0.29, 0.717) is 38.5 Å². The van der Waals surface area contributed by atoms with Crippen molar-refractivity contribution >= 4 is 35.0 Å². The number of phenolic OH excluding ortho intramolecular Hbond substituents is 1. The van der Waals surface area contributed by atoms with E-state index in [1.165, 1.54) is 15.9 Å². The van der Waals surface area contributed by atoms with E-state index < -0.39 is 12.0 Å². The zero-order valence-electron chi connectivity index (χ0n) is 21.8. The number of aromatic nitrogens is 1. The Morgan fingerprint density at radius 3 is 2.63 bits per heavy atom. The van der Waals surface area contributed by atoms with Gasteiger partial charge in [-0.1, -0.05) is 41.1 Å². The third-order valence-corrected chi connectivity index (χ3v) is 7.01. The first-order valence-electron chi connectivity index (χ1n) is 12.3. The SMILES string of the molecule is CCOC(=O)C1=C(C)N=c2s/c(=C/c3cc(Cl)c(O)c(OCC)c3)c(=O)n2[C@H]1c1ccccc1OC(C)C. The summed E-state index contributed by atoms with van der Waals surface area (Å²) >= 11 is 7.40. The second-order valence-corrected chi connectivity index (χ2v) is 10.2. The number of benzene rings is 2. The molecule has 38 heavy (non-hydrogen) atoms. The number of hydrogen-bond acceptors (Lipinski definition) is 8. The lowest BCUT2D eigenvalue weighted by Crippen LogP contribution is -2.40. The molecule has 0 unspecified atom stereocenters. The van der Waals surface area contributed by atoms with Crippen LogP contribution >= 0.6 is 22.9 Å². The number of nitrogens with zero attached hydrogens (tertiary/aromatic N) is 2. The van der Waals surface area contributed by atoms with Gasteiger partial charge in [-0.15, -0.1) is 0 Å². The number of thiazole rings is 1. The maximum atomic E-state index is 13.9. The molecule has 10 heteroatoms. The number of fused-ring (bicyclic) bond motifs is 1. The molecule has 0 bridgehead atoms. The summed E-state index contributed by atoms with van der Waals surface area (Å²) in [5.74, 6) is 0.0741. The third-order valence-electron chi connectivity index (χ3n) is 5.74. The molecule has 1 aromatic heterocycles. The van der Waals surface area contributed by atoms with Gasteiger partial charge in [0.25, 0.3) is 5.56 Å². The van der Waals surface area contributed by atoms with E-state index in [2.05, 4.69) is 4.99 Å². The quantitative estimate of drug-likeness (QED) is 0.414. The highest BCUT2D eigenvalue weighted by molar-refractivity contribution is 7.07. The summed E-state index contributed by atoms with van der Waals surface area (Å²) in [5, 5.41) is 10.3. The predicted octanol–water partition coefficient (Wildman–Crippen LogP) is 4.34. The third kappa shape index (κ3) is 5.35. The van der Waals surface area contributed by atoms with Gasteiger partial charge in [0.1, 0.15) is 11.8 Å². The highest BCUT2D eigenvalue weighted by atomic mass is 35.5. The van der Waals surface area contributed by atoms with E-state index in [-0.39, 0.29) is 40.4 Å². The van der Waals surface area contributed by atoms with Gasteiger partial charge in [-0.25, -0.2) is 9.79 Å². The summed E-state index contributed by atoms with van der Waals surface area (Å²) in [6, 6.07) is 9.70. The minimum atomic E-state index is -0.801. The number of para-hydroxylation sites is 1. The number of aromatic hydroxyl groups is 1. The van der Waals surface area contributed by atoms with Crippen molar-refractivity contribution in [3.8, 4) is 17.2 Å². The number of carbonyl (C=O) groups is 1. The van der Waals surface area contributed by atoms with Gasteiger partial charge in [0.2, 0.25) is 0 Å².